The van der Waals surface area contributed by atoms with Crippen LogP contribution in [-0.4, -0.2) is 70.4 Å². The first-order chi connectivity index (χ1) is 17.4. The van der Waals surface area contributed by atoms with Gasteiger partial charge in [0.1, 0.15) is 6.54 Å². The fraction of sp³-hybridized carbons (Fsp3) is 0.423. The van der Waals surface area contributed by atoms with Gasteiger partial charge in [0.05, 0.1) is 33.9 Å². The molecule has 10 heteroatoms. The number of ether oxygens (including phenoxy) is 5. The Labute approximate surface area is 209 Å². The summed E-state index contributed by atoms with van der Waals surface area (Å²) in [5.74, 6) is 1.08. The van der Waals surface area contributed by atoms with Crippen molar-refractivity contribution in [1.29, 1.82) is 0 Å². The summed E-state index contributed by atoms with van der Waals surface area (Å²) in [5, 5.41) is 2.67. The average molecular weight is 499 g/mol. The molecule has 2 aliphatic heterocycles. The Kier molecular flexibility index (Phi) is 7.82. The van der Waals surface area contributed by atoms with E-state index in [0.717, 1.165) is 11.1 Å². The fourth-order valence-electron chi connectivity index (χ4n) is 4.50. The third-order valence-corrected chi connectivity index (χ3v) is 6.43. The van der Waals surface area contributed by atoms with Crippen LogP contribution in [0.25, 0.3) is 0 Å². The van der Waals surface area contributed by atoms with Crippen molar-refractivity contribution in [2.75, 3.05) is 47.6 Å². The van der Waals surface area contributed by atoms with Gasteiger partial charge in [-0.25, -0.2) is 4.79 Å². The zero-order chi connectivity index (χ0) is 25.7. The van der Waals surface area contributed by atoms with E-state index in [4.69, 9.17) is 23.7 Å². The Morgan fingerprint density at radius 3 is 2.25 bits per heavy atom. The highest BCUT2D eigenvalue weighted by Gasteiger charge is 2.37. The number of hydrogen-bond acceptors (Lipinski definition) is 8. The molecule has 1 N–H and O–H groups in total. The summed E-state index contributed by atoms with van der Waals surface area (Å²) >= 11 is 0. The number of cyclic esters (lactones) is 1. The summed E-state index contributed by atoms with van der Waals surface area (Å²) in [7, 11) is 4.66. The molecule has 2 aromatic carbocycles. The molecule has 0 spiro atoms. The van der Waals surface area contributed by atoms with Crippen molar-refractivity contribution in [3.8, 4) is 23.0 Å². The second kappa shape index (κ2) is 11.2. The summed E-state index contributed by atoms with van der Waals surface area (Å²) < 4.78 is 27.0. The molecular formula is C26H30N2O8. The van der Waals surface area contributed by atoms with Gasteiger partial charge in [-0.3, -0.25) is 14.5 Å². The molecular weight excluding hydrogens is 468 g/mol. The van der Waals surface area contributed by atoms with Crippen LogP contribution in [0.1, 0.15) is 11.1 Å². The van der Waals surface area contributed by atoms with E-state index in [2.05, 4.69) is 5.32 Å². The number of amides is 2. The lowest BCUT2D eigenvalue weighted by Gasteiger charge is -2.26. The standard InChI is InChI=1S/C26H30N2O8/c1-32-20-6-4-16(12-22(20)33-2)10-18-15-35-25(30)19(18)11-17-5-7-21(23(13-17)34-3)36-26(31)28-9-8-27-24(29)14-28/h4-7,12-13,18-19H,8-11,14-15H2,1-3H3,(H,27,29)/t18-,19+/m0/s1. The number of nitrogens with one attached hydrogen (secondary N) is 1. The molecule has 2 aromatic rings. The Morgan fingerprint density at radius 2 is 1.58 bits per heavy atom. The highest BCUT2D eigenvalue weighted by atomic mass is 16.6. The first-order valence-corrected chi connectivity index (χ1v) is 11.7. The van der Waals surface area contributed by atoms with Crippen LogP contribution in [0.15, 0.2) is 36.4 Å². The van der Waals surface area contributed by atoms with Crippen LogP contribution in [0.3, 0.4) is 0 Å². The lowest BCUT2D eigenvalue weighted by atomic mass is 9.85. The van der Waals surface area contributed by atoms with Crippen LogP contribution in [0, 0.1) is 11.8 Å². The zero-order valence-corrected chi connectivity index (χ0v) is 20.6. The first-order valence-electron chi connectivity index (χ1n) is 11.7. The summed E-state index contributed by atoms with van der Waals surface area (Å²) in [4.78, 5) is 37.9. The van der Waals surface area contributed by atoms with Gasteiger partial charge in [0, 0.05) is 19.0 Å². The maximum Gasteiger partial charge on any atom is 0.415 e. The quantitative estimate of drug-likeness (QED) is 0.552. The van der Waals surface area contributed by atoms with Crippen LogP contribution in [0.2, 0.25) is 0 Å². The van der Waals surface area contributed by atoms with Crippen molar-refractivity contribution in [2.45, 2.75) is 12.8 Å². The molecule has 0 aliphatic carbocycles. The Balaban J connectivity index is 1.45. The number of carbonyl (C=O) groups excluding carboxylic acids is 3. The second-order valence-corrected chi connectivity index (χ2v) is 8.72. The zero-order valence-electron chi connectivity index (χ0n) is 20.6. The van der Waals surface area contributed by atoms with Crippen LogP contribution < -0.4 is 24.3 Å². The molecule has 0 saturated carbocycles. The van der Waals surface area contributed by atoms with E-state index in [9.17, 15) is 14.4 Å². The molecule has 0 radical (unpaired) electrons. The van der Waals surface area contributed by atoms with E-state index in [-0.39, 0.29) is 36.0 Å². The molecule has 2 amide bonds. The summed E-state index contributed by atoms with van der Waals surface area (Å²) in [5.41, 5.74) is 1.87. The summed E-state index contributed by atoms with van der Waals surface area (Å²) in [6, 6.07) is 10.9. The average Bonchev–Trinajstić information content (AvgIpc) is 3.23. The normalized spacial score (nSPS) is 19.4. The van der Waals surface area contributed by atoms with Crippen LogP contribution >= 0.6 is 0 Å². The molecule has 4 rings (SSSR count). The lowest BCUT2D eigenvalue weighted by Crippen LogP contribution is -2.50. The van der Waals surface area contributed by atoms with Gasteiger partial charge in [-0.15, -0.1) is 0 Å². The minimum absolute atomic E-state index is 0.00986. The van der Waals surface area contributed by atoms with Crippen LogP contribution in [-0.2, 0) is 27.2 Å². The van der Waals surface area contributed by atoms with E-state index in [0.29, 0.717) is 49.8 Å². The largest absolute Gasteiger partial charge is 0.493 e. The van der Waals surface area contributed by atoms with E-state index in [1.165, 1.54) is 12.0 Å². The van der Waals surface area contributed by atoms with Crippen molar-refractivity contribution < 1.29 is 38.1 Å². The number of methoxy groups -OCH3 is 3. The molecule has 192 valence electrons. The maximum absolute atomic E-state index is 12.6. The molecule has 0 aromatic heterocycles. The third-order valence-electron chi connectivity index (χ3n) is 6.43. The molecule has 10 nitrogen and oxygen atoms in total. The Hall–Kier alpha value is -3.95. The van der Waals surface area contributed by atoms with Gasteiger partial charge in [-0.05, 0) is 48.2 Å². The topological polar surface area (TPSA) is 113 Å². The van der Waals surface area contributed by atoms with Gasteiger partial charge in [0.2, 0.25) is 5.91 Å². The van der Waals surface area contributed by atoms with E-state index >= 15 is 0 Å². The number of benzene rings is 2. The van der Waals surface area contributed by atoms with Gasteiger partial charge >= 0.3 is 12.1 Å². The molecule has 0 bridgehead atoms. The maximum atomic E-state index is 12.6. The molecule has 2 aliphatic rings. The smallest absolute Gasteiger partial charge is 0.415 e. The highest BCUT2D eigenvalue weighted by molar-refractivity contribution is 5.84. The lowest BCUT2D eigenvalue weighted by molar-refractivity contribution is -0.141. The molecule has 0 unspecified atom stereocenters. The predicted molar refractivity (Wildman–Crippen MR) is 128 cm³/mol. The molecule has 2 fully saturated rings. The number of rotatable bonds is 8. The third kappa shape index (κ3) is 5.64. The fourth-order valence-corrected chi connectivity index (χ4v) is 4.50. The van der Waals surface area contributed by atoms with Crippen molar-refractivity contribution in [1.82, 2.24) is 10.2 Å². The van der Waals surface area contributed by atoms with E-state index in [1.54, 1.807) is 32.4 Å². The second-order valence-electron chi connectivity index (χ2n) is 8.72. The molecule has 36 heavy (non-hydrogen) atoms. The van der Waals surface area contributed by atoms with E-state index in [1.807, 2.05) is 18.2 Å². The van der Waals surface area contributed by atoms with Gasteiger partial charge in [0.15, 0.2) is 23.0 Å². The Morgan fingerprint density at radius 1 is 0.944 bits per heavy atom. The minimum atomic E-state index is -0.620. The number of hydrogen-bond donors (Lipinski definition) is 1. The van der Waals surface area contributed by atoms with Crippen molar-refractivity contribution in [3.63, 3.8) is 0 Å². The van der Waals surface area contributed by atoms with Crippen molar-refractivity contribution in [2.24, 2.45) is 11.8 Å². The number of piperazine rings is 1. The molecule has 2 atom stereocenters. The highest BCUT2D eigenvalue weighted by Crippen LogP contribution is 2.35. The number of carbonyl (C=O) groups is 3. The van der Waals surface area contributed by atoms with Crippen LogP contribution in [0.5, 0.6) is 23.0 Å². The van der Waals surface area contributed by atoms with Gasteiger partial charge in [-0.1, -0.05) is 12.1 Å². The van der Waals surface area contributed by atoms with Crippen molar-refractivity contribution in [3.05, 3.63) is 47.5 Å². The van der Waals surface area contributed by atoms with Crippen molar-refractivity contribution >= 4 is 18.0 Å². The monoisotopic (exact) mass is 498 g/mol. The minimum Gasteiger partial charge on any atom is -0.493 e. The van der Waals surface area contributed by atoms with E-state index < -0.39 is 6.09 Å². The van der Waals surface area contributed by atoms with Gasteiger partial charge in [0.25, 0.3) is 0 Å². The van der Waals surface area contributed by atoms with Crippen LogP contribution in [0.4, 0.5) is 4.79 Å². The summed E-state index contributed by atoms with van der Waals surface area (Å²) in [6.45, 7) is 1.04. The molecule has 2 heterocycles. The number of nitrogens with zero attached hydrogens (tertiary/aromatic N) is 1. The first kappa shape index (κ1) is 25.2. The summed E-state index contributed by atoms with van der Waals surface area (Å²) in [6.07, 6.45) is 0.478. The Bertz CT molecular complexity index is 1130. The van der Waals surface area contributed by atoms with Gasteiger partial charge < -0.3 is 29.0 Å². The number of esters is 1. The molecule has 2 saturated heterocycles. The van der Waals surface area contributed by atoms with Gasteiger partial charge in [-0.2, -0.15) is 0 Å². The predicted octanol–water partition coefficient (Wildman–Crippen LogP) is 2.22. The SMILES string of the molecule is COc1ccc(C[C@H]2COC(=O)[C@@H]2Cc2ccc(OC(=O)N3CCNC(=O)C3)c(OC)c2)cc1OC.